The molecule has 0 bridgehead atoms. The van der Waals surface area contributed by atoms with E-state index in [4.69, 9.17) is 0 Å². The number of Topliss-reactive ketones (excluding diaryl/α,β-unsaturated/α-hetero) is 1. The van der Waals surface area contributed by atoms with Crippen LogP contribution in [0.1, 0.15) is 149 Å². The monoisotopic (exact) mass is 585 g/mol. The second-order valence-electron chi connectivity index (χ2n) is 12.5. The van der Waals surface area contributed by atoms with Gasteiger partial charge in [-0.3, -0.25) is 19.2 Å². The zero-order chi connectivity index (χ0) is 30.2. The van der Waals surface area contributed by atoms with Crippen molar-refractivity contribution in [3.05, 3.63) is 0 Å². The van der Waals surface area contributed by atoms with Gasteiger partial charge in [-0.2, -0.15) is 0 Å². The second-order valence-corrected chi connectivity index (χ2v) is 14.1. The normalized spacial score (nSPS) is 13.2. The number of carbonyl (C=O) groups excluding carboxylic acids is 4. The Morgan fingerprint density at radius 2 is 1.12 bits per heavy atom. The molecule has 8 heteroatoms. The Hall–Kier alpha value is -1.17. The van der Waals surface area contributed by atoms with Crippen molar-refractivity contribution in [1.82, 2.24) is 5.32 Å². The number of unbranched alkanes of at least 4 members (excludes halogenated alkanes) is 14. The Morgan fingerprint density at radius 1 is 0.650 bits per heavy atom. The van der Waals surface area contributed by atoms with Gasteiger partial charge in [0.05, 0.1) is 27.7 Å². The number of nitrogens with zero attached hydrogens (tertiary/aromatic N) is 1. The summed E-state index contributed by atoms with van der Waals surface area (Å²) in [6.45, 7) is 4.74. The SMILES string of the molecule is CCCCCCCCCCCCCCCCCC(=O)CC(CC(=O)P(O)C(=O)CCC[N+](C)(C)C)NC(=O)CC. The lowest BCUT2D eigenvalue weighted by atomic mass is 10.0. The first-order valence-electron chi connectivity index (χ1n) is 16.2. The predicted molar refractivity (Wildman–Crippen MR) is 167 cm³/mol. The van der Waals surface area contributed by atoms with Crippen LogP contribution in [0.5, 0.6) is 0 Å². The molecule has 0 aliphatic carbocycles. The molecule has 1 amide bonds. The van der Waals surface area contributed by atoms with Crippen LogP contribution in [0.4, 0.5) is 0 Å². The first-order valence-corrected chi connectivity index (χ1v) is 17.5. The van der Waals surface area contributed by atoms with Gasteiger partial charge in [0.15, 0.2) is 19.2 Å². The number of carbonyl (C=O) groups is 4. The number of hydrogen-bond acceptors (Lipinski definition) is 5. The average Bonchev–Trinajstić information content (AvgIpc) is 2.89. The Labute approximate surface area is 247 Å². The van der Waals surface area contributed by atoms with E-state index in [9.17, 15) is 24.1 Å². The zero-order valence-electron chi connectivity index (χ0n) is 26.6. The van der Waals surface area contributed by atoms with Crippen molar-refractivity contribution in [3.8, 4) is 0 Å². The summed E-state index contributed by atoms with van der Waals surface area (Å²) < 4.78 is 0.706. The van der Waals surface area contributed by atoms with Gasteiger partial charge in [0.25, 0.3) is 0 Å². The molecule has 2 N–H and O–H groups in total. The lowest BCUT2D eigenvalue weighted by Gasteiger charge is -2.23. The van der Waals surface area contributed by atoms with Crippen LogP contribution in [0, 0.1) is 0 Å². The molecule has 7 nitrogen and oxygen atoms in total. The third-order valence-electron chi connectivity index (χ3n) is 7.33. The largest absolute Gasteiger partial charge is 0.360 e. The maximum Gasteiger partial charge on any atom is 0.219 e. The number of nitrogens with one attached hydrogen (secondary N) is 1. The summed E-state index contributed by atoms with van der Waals surface area (Å²) in [6.07, 6.45) is 20.3. The summed E-state index contributed by atoms with van der Waals surface area (Å²) in [7, 11) is 3.65. The number of rotatable bonds is 28. The first kappa shape index (κ1) is 38.8. The molecule has 0 aromatic carbocycles. The third kappa shape index (κ3) is 23.5. The minimum atomic E-state index is -2.41. The predicted octanol–water partition coefficient (Wildman–Crippen LogP) is 7.42. The minimum absolute atomic E-state index is 0.0143. The summed E-state index contributed by atoms with van der Waals surface area (Å²) in [4.78, 5) is 59.8. The van der Waals surface area contributed by atoms with E-state index in [0.29, 0.717) is 17.3 Å². The van der Waals surface area contributed by atoms with E-state index in [2.05, 4.69) is 12.2 Å². The minimum Gasteiger partial charge on any atom is -0.360 e. The molecule has 2 unspecified atom stereocenters. The smallest absolute Gasteiger partial charge is 0.219 e. The van der Waals surface area contributed by atoms with Crippen LogP contribution in [0.3, 0.4) is 0 Å². The van der Waals surface area contributed by atoms with Gasteiger partial charge < -0.3 is 14.7 Å². The van der Waals surface area contributed by atoms with E-state index >= 15 is 0 Å². The van der Waals surface area contributed by atoms with Crippen LogP contribution < -0.4 is 5.32 Å². The molecule has 234 valence electrons. The highest BCUT2D eigenvalue weighted by molar-refractivity contribution is 7.84. The Bertz CT molecular complexity index is 708. The van der Waals surface area contributed by atoms with E-state index in [-0.39, 0.29) is 37.4 Å². The number of quaternary nitrogens is 1. The molecule has 0 aliphatic heterocycles. The Balaban J connectivity index is 4.16. The van der Waals surface area contributed by atoms with E-state index in [0.717, 1.165) is 25.8 Å². The van der Waals surface area contributed by atoms with Gasteiger partial charge in [-0.05, 0) is 6.42 Å². The van der Waals surface area contributed by atoms with Gasteiger partial charge in [-0.25, -0.2) is 0 Å². The van der Waals surface area contributed by atoms with E-state index in [1.807, 2.05) is 21.1 Å². The van der Waals surface area contributed by atoms with Crippen molar-refractivity contribution in [2.24, 2.45) is 0 Å². The highest BCUT2D eigenvalue weighted by Gasteiger charge is 2.28. The summed E-state index contributed by atoms with van der Waals surface area (Å²) >= 11 is 0. The van der Waals surface area contributed by atoms with E-state index in [1.54, 1.807) is 6.92 Å². The van der Waals surface area contributed by atoms with Gasteiger partial charge in [0, 0.05) is 44.6 Å². The molecule has 0 fully saturated rings. The molecule has 0 aromatic heterocycles. The molecule has 0 saturated carbocycles. The molecular weight excluding hydrogens is 523 g/mol. The topological polar surface area (TPSA) is 101 Å². The first-order chi connectivity index (χ1) is 19.0. The molecule has 0 rings (SSSR count). The Kier molecular flexibility index (Phi) is 23.7. The van der Waals surface area contributed by atoms with Crippen molar-refractivity contribution in [1.29, 1.82) is 0 Å². The van der Waals surface area contributed by atoms with Crippen molar-refractivity contribution in [2.45, 2.75) is 155 Å². The molecule has 40 heavy (non-hydrogen) atoms. The summed E-state index contributed by atoms with van der Waals surface area (Å²) in [5.74, 6) is -0.227. The van der Waals surface area contributed by atoms with Crippen LogP contribution in [0.25, 0.3) is 0 Å². The van der Waals surface area contributed by atoms with Crippen LogP contribution in [-0.4, -0.2) is 65.8 Å². The fourth-order valence-electron chi connectivity index (χ4n) is 4.82. The van der Waals surface area contributed by atoms with E-state index < -0.39 is 25.2 Å². The fraction of sp³-hybridized carbons (Fsp3) is 0.875. The number of ketones is 1. The molecule has 0 heterocycles. The quantitative estimate of drug-likeness (QED) is 0.0565. The Morgan fingerprint density at radius 3 is 1.57 bits per heavy atom. The average molecular weight is 586 g/mol. The van der Waals surface area contributed by atoms with Gasteiger partial charge in [0.2, 0.25) is 5.91 Å². The highest BCUT2D eigenvalue weighted by atomic mass is 31.1. The van der Waals surface area contributed by atoms with Crippen molar-refractivity contribution in [3.63, 3.8) is 0 Å². The molecular formula is C32H62N2O5P+. The molecule has 0 aromatic rings. The van der Waals surface area contributed by atoms with Crippen LogP contribution in [0.15, 0.2) is 0 Å². The molecule has 0 saturated heterocycles. The number of amides is 1. The van der Waals surface area contributed by atoms with Crippen molar-refractivity contribution in [2.75, 3.05) is 27.7 Å². The van der Waals surface area contributed by atoms with Crippen molar-refractivity contribution >= 4 is 30.9 Å². The highest BCUT2D eigenvalue weighted by Crippen LogP contribution is 2.36. The van der Waals surface area contributed by atoms with Gasteiger partial charge >= 0.3 is 0 Å². The van der Waals surface area contributed by atoms with Crippen molar-refractivity contribution < 1.29 is 28.6 Å². The van der Waals surface area contributed by atoms with Gasteiger partial charge in [-0.1, -0.05) is 104 Å². The lowest BCUT2D eigenvalue weighted by molar-refractivity contribution is -0.870. The lowest BCUT2D eigenvalue weighted by Crippen LogP contribution is -2.37. The maximum atomic E-state index is 12.6. The second kappa shape index (κ2) is 24.4. The molecule has 2 atom stereocenters. The zero-order valence-corrected chi connectivity index (χ0v) is 27.5. The van der Waals surface area contributed by atoms with Crippen LogP contribution in [-0.2, 0) is 19.2 Å². The maximum absolute atomic E-state index is 12.6. The van der Waals surface area contributed by atoms with Crippen LogP contribution >= 0.6 is 8.15 Å². The van der Waals surface area contributed by atoms with Crippen LogP contribution in [0.2, 0.25) is 0 Å². The molecule has 0 radical (unpaired) electrons. The summed E-state index contributed by atoms with van der Waals surface area (Å²) in [5, 5.41) is 2.74. The number of hydrogen-bond donors (Lipinski definition) is 2. The summed E-state index contributed by atoms with van der Waals surface area (Å²) in [5.41, 5.74) is -0.996. The standard InChI is InChI=1S/C32H61N2O5P/c1-6-8-9-10-11-12-13-14-15-16-17-18-19-20-21-23-29(35)26-28(33-30(36)7-2)27-32(38)40(39)31(37)24-22-25-34(3,4)5/h28,39H,6-27H2,1-5H3/p+1. The van der Waals surface area contributed by atoms with Gasteiger partial charge in [0.1, 0.15) is 5.78 Å². The third-order valence-corrected chi connectivity index (χ3v) is 8.68. The molecule has 0 spiro atoms. The molecule has 0 aliphatic rings. The van der Waals surface area contributed by atoms with Gasteiger partial charge in [-0.15, -0.1) is 0 Å². The fourth-order valence-corrected chi connectivity index (χ4v) is 5.86. The summed E-state index contributed by atoms with van der Waals surface area (Å²) in [6, 6.07) is -0.667. The van der Waals surface area contributed by atoms with E-state index in [1.165, 1.54) is 77.0 Å².